The molecule has 1 aromatic heterocycles. The number of fused-ring (bicyclic) bond motifs is 1. The highest BCUT2D eigenvalue weighted by Crippen LogP contribution is 2.38. The van der Waals surface area contributed by atoms with E-state index in [0.717, 1.165) is 21.1 Å². The molecule has 0 radical (unpaired) electrons. The quantitative estimate of drug-likeness (QED) is 0.515. The summed E-state index contributed by atoms with van der Waals surface area (Å²) in [6.45, 7) is 4.52. The average molecular weight is 449 g/mol. The fourth-order valence-corrected chi connectivity index (χ4v) is 5.13. The molecule has 1 aromatic carbocycles. The Morgan fingerprint density at radius 2 is 1.97 bits per heavy atom. The lowest BCUT2D eigenvalue weighted by Gasteiger charge is -2.25. The molecule has 7 nitrogen and oxygen atoms in total. The number of carbonyl (C=O) groups excluding carboxylic acids is 3. The summed E-state index contributed by atoms with van der Waals surface area (Å²) in [6.07, 6.45) is 0.566. The molecule has 0 fully saturated rings. The monoisotopic (exact) mass is 448 g/mol. The van der Waals surface area contributed by atoms with Crippen LogP contribution in [-0.4, -0.2) is 48.7 Å². The van der Waals surface area contributed by atoms with Crippen LogP contribution in [0.5, 0.6) is 5.75 Å². The number of thioether (sulfide) groups is 1. The molecule has 3 rings (SSSR count). The van der Waals surface area contributed by atoms with E-state index in [0.29, 0.717) is 30.1 Å². The molecule has 0 unspecified atom stereocenters. The first kappa shape index (κ1) is 22.2. The van der Waals surface area contributed by atoms with Crippen molar-refractivity contribution in [3.8, 4) is 5.75 Å². The highest BCUT2D eigenvalue weighted by atomic mass is 32.2. The number of nitrogens with zero attached hydrogens (tertiary/aromatic N) is 1. The van der Waals surface area contributed by atoms with Gasteiger partial charge in [0.05, 0.1) is 31.6 Å². The van der Waals surface area contributed by atoms with Crippen LogP contribution in [0.25, 0.3) is 0 Å². The fourth-order valence-electron chi connectivity index (χ4n) is 3.16. The van der Waals surface area contributed by atoms with Crippen LogP contribution in [0.2, 0.25) is 0 Å². The van der Waals surface area contributed by atoms with E-state index < -0.39 is 5.97 Å². The molecular formula is C21H24N2O5S2. The lowest BCUT2D eigenvalue weighted by Crippen LogP contribution is -2.34. The van der Waals surface area contributed by atoms with Crippen LogP contribution in [0.1, 0.15) is 34.6 Å². The van der Waals surface area contributed by atoms with Gasteiger partial charge in [0.25, 0.3) is 0 Å². The standard InChI is InChI=1S/C21H24N2O5S2/c1-4-28-21(26)19-16-9-10-23(13(2)24)11-17(16)30-20(19)22-18(25)12-29-15-7-5-14(27-3)6-8-15/h5-8H,4,9-12H2,1-3H3,(H,22,25). The molecule has 30 heavy (non-hydrogen) atoms. The fraction of sp³-hybridized carbons (Fsp3) is 0.381. The summed E-state index contributed by atoms with van der Waals surface area (Å²) >= 11 is 2.74. The second-order valence-corrected chi connectivity index (χ2v) is 8.79. The predicted octanol–water partition coefficient (Wildman–Crippen LogP) is 3.57. The van der Waals surface area contributed by atoms with Crippen LogP contribution >= 0.6 is 23.1 Å². The van der Waals surface area contributed by atoms with Crippen LogP contribution in [0, 0.1) is 0 Å². The van der Waals surface area contributed by atoms with E-state index in [2.05, 4.69) is 5.32 Å². The number of esters is 1. The van der Waals surface area contributed by atoms with Gasteiger partial charge in [-0.3, -0.25) is 9.59 Å². The molecule has 2 aromatic rings. The maximum atomic E-state index is 12.6. The number of hydrogen-bond donors (Lipinski definition) is 1. The SMILES string of the molecule is CCOC(=O)c1c(NC(=O)CSc2ccc(OC)cc2)sc2c1CCN(C(C)=O)C2. The summed E-state index contributed by atoms with van der Waals surface area (Å²) in [5.41, 5.74) is 1.29. The zero-order chi connectivity index (χ0) is 21.7. The minimum absolute atomic E-state index is 0.00629. The summed E-state index contributed by atoms with van der Waals surface area (Å²) in [5.74, 6) is 0.309. The van der Waals surface area contributed by atoms with E-state index in [1.54, 1.807) is 18.9 Å². The normalized spacial score (nSPS) is 12.8. The highest BCUT2D eigenvalue weighted by molar-refractivity contribution is 8.00. The van der Waals surface area contributed by atoms with Crippen molar-refractivity contribution in [2.75, 3.05) is 31.3 Å². The molecule has 0 bridgehead atoms. The molecule has 1 aliphatic heterocycles. The van der Waals surface area contributed by atoms with Crippen molar-refractivity contribution in [2.24, 2.45) is 0 Å². The van der Waals surface area contributed by atoms with Gasteiger partial charge < -0.3 is 19.7 Å². The summed E-state index contributed by atoms with van der Waals surface area (Å²) in [6, 6.07) is 7.46. The topological polar surface area (TPSA) is 84.9 Å². The largest absolute Gasteiger partial charge is 0.497 e. The van der Waals surface area contributed by atoms with Gasteiger partial charge in [-0.1, -0.05) is 0 Å². The van der Waals surface area contributed by atoms with Crippen LogP contribution in [0.4, 0.5) is 5.00 Å². The molecule has 0 saturated heterocycles. The number of ether oxygens (including phenoxy) is 2. The van der Waals surface area contributed by atoms with Gasteiger partial charge in [0.2, 0.25) is 11.8 Å². The van der Waals surface area contributed by atoms with Crippen molar-refractivity contribution in [1.29, 1.82) is 0 Å². The molecule has 0 spiro atoms. The van der Waals surface area contributed by atoms with E-state index in [1.807, 2.05) is 24.3 Å². The van der Waals surface area contributed by atoms with Crippen molar-refractivity contribution in [3.05, 3.63) is 40.3 Å². The predicted molar refractivity (Wildman–Crippen MR) is 117 cm³/mol. The first-order valence-corrected chi connectivity index (χ1v) is 11.4. The first-order valence-electron chi connectivity index (χ1n) is 9.56. The van der Waals surface area contributed by atoms with Crippen molar-refractivity contribution in [1.82, 2.24) is 4.90 Å². The Morgan fingerprint density at radius 3 is 2.60 bits per heavy atom. The molecule has 0 aliphatic carbocycles. The number of rotatable bonds is 7. The lowest BCUT2D eigenvalue weighted by atomic mass is 10.0. The van der Waals surface area contributed by atoms with Gasteiger partial charge in [-0.15, -0.1) is 23.1 Å². The number of methoxy groups -OCH3 is 1. The lowest BCUT2D eigenvalue weighted by molar-refractivity contribution is -0.129. The number of thiophene rings is 1. The Labute approximate surface area is 183 Å². The Morgan fingerprint density at radius 1 is 1.23 bits per heavy atom. The zero-order valence-corrected chi connectivity index (χ0v) is 18.8. The highest BCUT2D eigenvalue weighted by Gasteiger charge is 2.30. The minimum atomic E-state index is -0.440. The van der Waals surface area contributed by atoms with Crippen molar-refractivity contribution < 1.29 is 23.9 Å². The zero-order valence-electron chi connectivity index (χ0n) is 17.1. The maximum absolute atomic E-state index is 12.6. The van der Waals surface area contributed by atoms with Gasteiger partial charge in [0, 0.05) is 23.2 Å². The number of carbonyl (C=O) groups is 3. The number of anilines is 1. The summed E-state index contributed by atoms with van der Waals surface area (Å²) < 4.78 is 10.4. The summed E-state index contributed by atoms with van der Waals surface area (Å²) in [5, 5.41) is 3.36. The molecule has 9 heteroatoms. The van der Waals surface area contributed by atoms with E-state index in [4.69, 9.17) is 9.47 Å². The molecule has 1 N–H and O–H groups in total. The average Bonchev–Trinajstić information content (AvgIpc) is 3.09. The molecule has 2 heterocycles. The molecule has 160 valence electrons. The molecule has 0 saturated carbocycles. The van der Waals surface area contributed by atoms with Crippen molar-refractivity contribution >= 4 is 45.9 Å². The Hall–Kier alpha value is -2.52. The van der Waals surface area contributed by atoms with Crippen LogP contribution in [0.3, 0.4) is 0 Å². The summed E-state index contributed by atoms with van der Waals surface area (Å²) in [7, 11) is 1.60. The molecular weight excluding hydrogens is 424 g/mol. The smallest absolute Gasteiger partial charge is 0.341 e. The van der Waals surface area contributed by atoms with Gasteiger partial charge in [-0.05, 0) is 43.2 Å². The van der Waals surface area contributed by atoms with E-state index in [-0.39, 0.29) is 24.2 Å². The Bertz CT molecular complexity index is 940. The van der Waals surface area contributed by atoms with Gasteiger partial charge in [0.1, 0.15) is 10.8 Å². The molecule has 1 aliphatic rings. The molecule has 2 amide bonds. The third-order valence-corrected chi connectivity index (χ3v) is 6.81. The third-order valence-electron chi connectivity index (χ3n) is 4.66. The van der Waals surface area contributed by atoms with E-state index >= 15 is 0 Å². The van der Waals surface area contributed by atoms with Crippen molar-refractivity contribution in [3.63, 3.8) is 0 Å². The number of benzene rings is 1. The van der Waals surface area contributed by atoms with Gasteiger partial charge >= 0.3 is 5.97 Å². The number of hydrogen-bond acceptors (Lipinski definition) is 7. The van der Waals surface area contributed by atoms with Crippen molar-refractivity contribution in [2.45, 2.75) is 31.7 Å². The number of amides is 2. The second kappa shape index (κ2) is 9.99. The maximum Gasteiger partial charge on any atom is 0.341 e. The van der Waals surface area contributed by atoms with Gasteiger partial charge in [-0.2, -0.15) is 0 Å². The Balaban J connectivity index is 1.74. The van der Waals surface area contributed by atoms with E-state index in [9.17, 15) is 14.4 Å². The third kappa shape index (κ3) is 5.14. The van der Waals surface area contributed by atoms with Gasteiger partial charge in [0.15, 0.2) is 0 Å². The van der Waals surface area contributed by atoms with Crippen LogP contribution < -0.4 is 10.1 Å². The second-order valence-electron chi connectivity index (χ2n) is 6.63. The molecule has 0 atom stereocenters. The Kier molecular flexibility index (Phi) is 7.38. The van der Waals surface area contributed by atoms with Crippen LogP contribution in [-0.2, 0) is 27.3 Å². The van der Waals surface area contributed by atoms with E-state index in [1.165, 1.54) is 30.0 Å². The number of nitrogens with one attached hydrogen (secondary N) is 1. The van der Waals surface area contributed by atoms with Gasteiger partial charge in [-0.25, -0.2) is 4.79 Å². The summed E-state index contributed by atoms with van der Waals surface area (Å²) in [4.78, 5) is 40.5. The van der Waals surface area contributed by atoms with Crippen LogP contribution in [0.15, 0.2) is 29.2 Å². The minimum Gasteiger partial charge on any atom is -0.497 e. The first-order chi connectivity index (χ1) is 14.4.